The van der Waals surface area contributed by atoms with E-state index in [2.05, 4.69) is 5.32 Å². The van der Waals surface area contributed by atoms with Gasteiger partial charge in [0.05, 0.1) is 6.54 Å². The Bertz CT molecular complexity index is 637. The number of aryl methyl sites for hydroxylation is 2. The molecule has 0 aromatic heterocycles. The molecule has 2 rings (SSSR count). The third-order valence-electron chi connectivity index (χ3n) is 3.46. The van der Waals surface area contributed by atoms with Crippen LogP contribution in [0.15, 0.2) is 48.5 Å². The quantitative estimate of drug-likeness (QED) is 0.798. The average molecular weight is 313 g/mol. The van der Waals surface area contributed by atoms with Crippen molar-refractivity contribution in [1.82, 2.24) is 5.32 Å². The van der Waals surface area contributed by atoms with Crippen molar-refractivity contribution in [2.24, 2.45) is 0 Å². The minimum Gasteiger partial charge on any atom is -0.491 e. The second-order valence-corrected chi connectivity index (χ2v) is 5.48. The molecule has 1 N–H and O–H groups in total. The first-order valence-electron chi connectivity index (χ1n) is 7.76. The van der Waals surface area contributed by atoms with Crippen LogP contribution in [0.2, 0.25) is 0 Å². The molecule has 4 heteroatoms. The molecule has 23 heavy (non-hydrogen) atoms. The molecule has 2 aromatic rings. The summed E-state index contributed by atoms with van der Waals surface area (Å²) in [6.07, 6.45) is -0.545. The molecule has 0 spiro atoms. The van der Waals surface area contributed by atoms with Gasteiger partial charge in [-0.2, -0.15) is 0 Å². The highest BCUT2D eigenvalue weighted by Crippen LogP contribution is 2.15. The van der Waals surface area contributed by atoms with Crippen molar-refractivity contribution in [3.05, 3.63) is 59.7 Å². The average Bonchev–Trinajstić information content (AvgIpc) is 2.55. The summed E-state index contributed by atoms with van der Waals surface area (Å²) in [6.45, 7) is 6.60. The topological polar surface area (TPSA) is 47.6 Å². The van der Waals surface area contributed by atoms with Gasteiger partial charge in [-0.1, -0.05) is 35.9 Å². The van der Waals surface area contributed by atoms with Crippen molar-refractivity contribution in [3.63, 3.8) is 0 Å². The van der Waals surface area contributed by atoms with Crippen LogP contribution in [-0.4, -0.2) is 25.2 Å². The summed E-state index contributed by atoms with van der Waals surface area (Å²) in [5.41, 5.74) is 2.23. The molecule has 0 saturated heterocycles. The Morgan fingerprint density at radius 2 is 1.78 bits per heavy atom. The normalized spacial score (nSPS) is 11.6. The van der Waals surface area contributed by atoms with E-state index in [1.807, 2.05) is 62.4 Å². The van der Waals surface area contributed by atoms with Gasteiger partial charge in [-0.15, -0.1) is 0 Å². The molecule has 4 nitrogen and oxygen atoms in total. The van der Waals surface area contributed by atoms with Crippen LogP contribution in [0.4, 0.5) is 0 Å². The van der Waals surface area contributed by atoms with Crippen molar-refractivity contribution < 1.29 is 14.3 Å². The Morgan fingerprint density at radius 1 is 1.09 bits per heavy atom. The van der Waals surface area contributed by atoms with Gasteiger partial charge >= 0.3 is 0 Å². The van der Waals surface area contributed by atoms with E-state index in [0.29, 0.717) is 18.9 Å². The van der Waals surface area contributed by atoms with E-state index in [-0.39, 0.29) is 5.91 Å². The number of benzene rings is 2. The Balaban J connectivity index is 1.72. The first-order valence-corrected chi connectivity index (χ1v) is 7.76. The van der Waals surface area contributed by atoms with Crippen molar-refractivity contribution in [3.8, 4) is 11.5 Å². The molecule has 1 amide bonds. The summed E-state index contributed by atoms with van der Waals surface area (Å²) in [6, 6.07) is 15.4. The number of amides is 1. The number of para-hydroxylation sites is 1. The Hall–Kier alpha value is -2.49. The molecule has 1 atom stereocenters. The Morgan fingerprint density at radius 3 is 2.48 bits per heavy atom. The highest BCUT2D eigenvalue weighted by Gasteiger charge is 2.13. The van der Waals surface area contributed by atoms with E-state index in [4.69, 9.17) is 9.47 Å². The predicted octanol–water partition coefficient (Wildman–Crippen LogP) is 3.27. The second-order valence-electron chi connectivity index (χ2n) is 5.48. The van der Waals surface area contributed by atoms with Crippen LogP contribution in [0.5, 0.6) is 11.5 Å². The third-order valence-corrected chi connectivity index (χ3v) is 3.46. The molecule has 2 aromatic carbocycles. The number of hydrogen-bond donors (Lipinski definition) is 1. The van der Waals surface area contributed by atoms with Gasteiger partial charge in [0.15, 0.2) is 6.10 Å². The monoisotopic (exact) mass is 313 g/mol. The molecule has 0 heterocycles. The number of hydrogen-bond acceptors (Lipinski definition) is 3. The van der Waals surface area contributed by atoms with Gasteiger partial charge in [-0.3, -0.25) is 4.79 Å². The van der Waals surface area contributed by atoms with Crippen LogP contribution < -0.4 is 14.8 Å². The third kappa shape index (κ3) is 5.33. The lowest BCUT2D eigenvalue weighted by Gasteiger charge is -2.15. The fraction of sp³-hybridized carbons (Fsp3) is 0.316. The lowest BCUT2D eigenvalue weighted by atomic mass is 10.2. The van der Waals surface area contributed by atoms with Crippen molar-refractivity contribution in [1.29, 1.82) is 0 Å². The highest BCUT2D eigenvalue weighted by molar-refractivity contribution is 5.80. The summed E-state index contributed by atoms with van der Waals surface area (Å²) in [5.74, 6) is 1.37. The van der Waals surface area contributed by atoms with Gasteiger partial charge in [0, 0.05) is 0 Å². The molecule has 0 saturated carbocycles. The minimum atomic E-state index is -0.545. The maximum Gasteiger partial charge on any atom is 0.260 e. The molecule has 0 bridgehead atoms. The van der Waals surface area contributed by atoms with Crippen LogP contribution in [-0.2, 0) is 4.79 Å². The summed E-state index contributed by atoms with van der Waals surface area (Å²) in [7, 11) is 0. The fourth-order valence-electron chi connectivity index (χ4n) is 2.07. The zero-order chi connectivity index (χ0) is 16.7. The van der Waals surface area contributed by atoms with Gasteiger partial charge in [0.1, 0.15) is 18.1 Å². The SMILES string of the molecule is Cc1ccc(O[C@H](C)C(=O)NCCOc2ccccc2C)cc1. The van der Waals surface area contributed by atoms with E-state index in [9.17, 15) is 4.79 Å². The molecule has 0 aliphatic carbocycles. The molecule has 122 valence electrons. The number of carbonyl (C=O) groups excluding carboxylic acids is 1. The van der Waals surface area contributed by atoms with Gasteiger partial charge < -0.3 is 14.8 Å². The molecule has 0 fully saturated rings. The van der Waals surface area contributed by atoms with Crippen LogP contribution >= 0.6 is 0 Å². The number of ether oxygens (including phenoxy) is 2. The zero-order valence-electron chi connectivity index (χ0n) is 13.8. The largest absolute Gasteiger partial charge is 0.491 e. The van der Waals surface area contributed by atoms with E-state index >= 15 is 0 Å². The molecule has 0 unspecified atom stereocenters. The number of carbonyl (C=O) groups is 1. The summed E-state index contributed by atoms with van der Waals surface area (Å²) in [5, 5.41) is 2.81. The first kappa shape index (κ1) is 16.9. The second kappa shape index (κ2) is 8.22. The van der Waals surface area contributed by atoms with Crippen molar-refractivity contribution >= 4 is 5.91 Å². The molecular formula is C19H23NO3. The van der Waals surface area contributed by atoms with Gasteiger partial charge in [0.2, 0.25) is 0 Å². The maximum absolute atomic E-state index is 12.0. The fourth-order valence-corrected chi connectivity index (χ4v) is 2.07. The van der Waals surface area contributed by atoms with Gasteiger partial charge in [0.25, 0.3) is 5.91 Å². The first-order chi connectivity index (χ1) is 11.1. The maximum atomic E-state index is 12.0. The molecule has 0 radical (unpaired) electrons. The molecule has 0 aliphatic rings. The summed E-state index contributed by atoms with van der Waals surface area (Å²) < 4.78 is 11.3. The summed E-state index contributed by atoms with van der Waals surface area (Å²) in [4.78, 5) is 12.0. The Labute approximate surface area is 137 Å². The van der Waals surface area contributed by atoms with E-state index in [0.717, 1.165) is 16.9 Å². The highest BCUT2D eigenvalue weighted by atomic mass is 16.5. The molecular weight excluding hydrogens is 290 g/mol. The number of rotatable bonds is 7. The number of nitrogens with one attached hydrogen (secondary N) is 1. The lowest BCUT2D eigenvalue weighted by molar-refractivity contribution is -0.127. The van der Waals surface area contributed by atoms with E-state index < -0.39 is 6.10 Å². The van der Waals surface area contributed by atoms with Gasteiger partial charge in [-0.05, 0) is 44.5 Å². The van der Waals surface area contributed by atoms with E-state index in [1.165, 1.54) is 0 Å². The van der Waals surface area contributed by atoms with Gasteiger partial charge in [-0.25, -0.2) is 0 Å². The lowest BCUT2D eigenvalue weighted by Crippen LogP contribution is -2.38. The standard InChI is InChI=1S/C19H23NO3/c1-14-8-10-17(11-9-14)23-16(3)19(21)20-12-13-22-18-7-5-4-6-15(18)2/h4-11,16H,12-13H2,1-3H3,(H,20,21)/t16-/m1/s1. The molecule has 0 aliphatic heterocycles. The van der Waals surface area contributed by atoms with Crippen LogP contribution in [0.25, 0.3) is 0 Å². The van der Waals surface area contributed by atoms with Crippen molar-refractivity contribution in [2.45, 2.75) is 26.9 Å². The smallest absolute Gasteiger partial charge is 0.260 e. The minimum absolute atomic E-state index is 0.154. The summed E-state index contributed by atoms with van der Waals surface area (Å²) >= 11 is 0. The Kier molecular flexibility index (Phi) is 6.03. The van der Waals surface area contributed by atoms with Crippen LogP contribution in [0.1, 0.15) is 18.1 Å². The predicted molar refractivity (Wildman–Crippen MR) is 91.0 cm³/mol. The van der Waals surface area contributed by atoms with Crippen LogP contribution in [0.3, 0.4) is 0 Å². The van der Waals surface area contributed by atoms with Crippen LogP contribution in [0, 0.1) is 13.8 Å². The van der Waals surface area contributed by atoms with E-state index in [1.54, 1.807) is 6.92 Å². The zero-order valence-corrected chi connectivity index (χ0v) is 13.8. The van der Waals surface area contributed by atoms with Crippen molar-refractivity contribution in [2.75, 3.05) is 13.2 Å².